The van der Waals surface area contributed by atoms with Crippen molar-refractivity contribution in [2.45, 2.75) is 16.6 Å². The van der Waals surface area contributed by atoms with Crippen LogP contribution < -0.4 is 10.1 Å². The van der Waals surface area contributed by atoms with Crippen LogP contribution in [-0.2, 0) is 11.2 Å². The SMILES string of the molecule is COc1ccc(Cc2nnc(NC(=O)C(Sc3ccccc3)c3ccccc3)s2)cc1. The summed E-state index contributed by atoms with van der Waals surface area (Å²) < 4.78 is 5.19. The lowest BCUT2D eigenvalue weighted by atomic mass is 10.1. The summed E-state index contributed by atoms with van der Waals surface area (Å²) in [6, 6.07) is 27.5. The highest BCUT2D eigenvalue weighted by Crippen LogP contribution is 2.36. The van der Waals surface area contributed by atoms with Crippen molar-refractivity contribution in [2.24, 2.45) is 0 Å². The molecule has 1 amide bonds. The summed E-state index contributed by atoms with van der Waals surface area (Å²) in [5.41, 5.74) is 2.05. The van der Waals surface area contributed by atoms with E-state index in [0.29, 0.717) is 11.6 Å². The van der Waals surface area contributed by atoms with Gasteiger partial charge in [-0.05, 0) is 35.4 Å². The number of nitrogens with one attached hydrogen (secondary N) is 1. The molecular weight excluding hydrogens is 426 g/mol. The fourth-order valence-electron chi connectivity index (χ4n) is 3.00. The number of carbonyl (C=O) groups is 1. The van der Waals surface area contributed by atoms with E-state index in [-0.39, 0.29) is 5.91 Å². The van der Waals surface area contributed by atoms with Crippen LogP contribution in [0.3, 0.4) is 0 Å². The van der Waals surface area contributed by atoms with E-state index in [0.717, 1.165) is 26.8 Å². The maximum atomic E-state index is 13.1. The molecule has 0 bridgehead atoms. The number of nitrogens with zero attached hydrogens (tertiary/aromatic N) is 2. The first-order valence-electron chi connectivity index (χ1n) is 9.74. The molecule has 0 fully saturated rings. The molecule has 1 heterocycles. The van der Waals surface area contributed by atoms with Crippen LogP contribution in [-0.4, -0.2) is 23.2 Å². The van der Waals surface area contributed by atoms with Gasteiger partial charge in [-0.2, -0.15) is 0 Å². The van der Waals surface area contributed by atoms with Crippen molar-refractivity contribution >= 4 is 34.1 Å². The molecule has 1 N–H and O–H groups in total. The second-order valence-electron chi connectivity index (χ2n) is 6.74. The number of ether oxygens (including phenoxy) is 1. The molecule has 4 rings (SSSR count). The number of aromatic nitrogens is 2. The first kappa shape index (κ1) is 21.1. The van der Waals surface area contributed by atoms with Crippen molar-refractivity contribution in [1.29, 1.82) is 0 Å². The standard InChI is InChI=1S/C24H21N3O2S2/c1-29-19-14-12-17(13-15-19)16-21-26-27-24(31-21)25-23(28)22(18-8-4-2-5-9-18)30-20-10-6-3-7-11-20/h2-15,22H,16H2,1H3,(H,25,27,28). The Labute approximate surface area is 189 Å². The van der Waals surface area contributed by atoms with Crippen LogP contribution >= 0.6 is 23.1 Å². The molecule has 0 saturated carbocycles. The quantitative estimate of drug-likeness (QED) is 0.356. The minimum Gasteiger partial charge on any atom is -0.497 e. The number of hydrogen-bond acceptors (Lipinski definition) is 6. The van der Waals surface area contributed by atoms with Gasteiger partial charge in [0.05, 0.1) is 7.11 Å². The number of benzene rings is 3. The van der Waals surface area contributed by atoms with E-state index in [9.17, 15) is 4.79 Å². The van der Waals surface area contributed by atoms with Gasteiger partial charge in [0.2, 0.25) is 11.0 Å². The predicted molar refractivity (Wildman–Crippen MR) is 126 cm³/mol. The zero-order valence-corrected chi connectivity index (χ0v) is 18.5. The summed E-state index contributed by atoms with van der Waals surface area (Å²) >= 11 is 2.90. The van der Waals surface area contributed by atoms with Crippen LogP contribution in [0.2, 0.25) is 0 Å². The van der Waals surface area contributed by atoms with E-state index in [1.165, 1.54) is 23.1 Å². The number of anilines is 1. The van der Waals surface area contributed by atoms with Crippen LogP contribution in [0.4, 0.5) is 5.13 Å². The smallest absolute Gasteiger partial charge is 0.244 e. The lowest BCUT2D eigenvalue weighted by Gasteiger charge is -2.16. The van der Waals surface area contributed by atoms with Gasteiger partial charge in [-0.1, -0.05) is 72.0 Å². The molecule has 156 valence electrons. The fraction of sp³-hybridized carbons (Fsp3) is 0.125. The minimum absolute atomic E-state index is 0.118. The van der Waals surface area contributed by atoms with Crippen molar-refractivity contribution in [1.82, 2.24) is 10.2 Å². The lowest BCUT2D eigenvalue weighted by Crippen LogP contribution is -2.18. The number of methoxy groups -OCH3 is 1. The molecule has 1 unspecified atom stereocenters. The maximum absolute atomic E-state index is 13.1. The topological polar surface area (TPSA) is 64.1 Å². The van der Waals surface area contributed by atoms with Crippen molar-refractivity contribution in [3.63, 3.8) is 0 Å². The molecule has 7 heteroatoms. The molecule has 1 aromatic heterocycles. The molecule has 5 nitrogen and oxygen atoms in total. The van der Waals surface area contributed by atoms with Gasteiger partial charge < -0.3 is 4.74 Å². The minimum atomic E-state index is -0.391. The number of rotatable bonds is 8. The van der Waals surface area contributed by atoms with Gasteiger partial charge in [0.25, 0.3) is 0 Å². The molecule has 0 aliphatic carbocycles. The third-order valence-electron chi connectivity index (χ3n) is 4.55. The lowest BCUT2D eigenvalue weighted by molar-refractivity contribution is -0.115. The molecular formula is C24H21N3O2S2. The molecule has 0 radical (unpaired) electrons. The summed E-state index contributed by atoms with van der Waals surface area (Å²) in [5.74, 6) is 0.698. The number of thioether (sulfide) groups is 1. The van der Waals surface area contributed by atoms with Crippen molar-refractivity contribution < 1.29 is 9.53 Å². The van der Waals surface area contributed by atoms with E-state index < -0.39 is 5.25 Å². The van der Waals surface area contributed by atoms with E-state index >= 15 is 0 Å². The Balaban J connectivity index is 1.47. The zero-order chi connectivity index (χ0) is 21.5. The van der Waals surface area contributed by atoms with Gasteiger partial charge in [-0.3, -0.25) is 10.1 Å². The number of hydrogen-bond donors (Lipinski definition) is 1. The number of amides is 1. The normalized spacial score (nSPS) is 11.6. The number of carbonyl (C=O) groups excluding carboxylic acids is 1. The van der Waals surface area contributed by atoms with Gasteiger partial charge in [-0.15, -0.1) is 22.0 Å². The van der Waals surface area contributed by atoms with E-state index in [1.54, 1.807) is 7.11 Å². The predicted octanol–water partition coefficient (Wildman–Crippen LogP) is 5.61. The highest BCUT2D eigenvalue weighted by molar-refractivity contribution is 8.00. The van der Waals surface area contributed by atoms with Crippen LogP contribution in [0.25, 0.3) is 0 Å². The monoisotopic (exact) mass is 447 g/mol. The van der Waals surface area contributed by atoms with Crippen LogP contribution in [0.1, 0.15) is 21.4 Å². The van der Waals surface area contributed by atoms with Gasteiger partial charge in [-0.25, -0.2) is 0 Å². The third kappa shape index (κ3) is 5.71. The Kier molecular flexibility index (Phi) is 6.96. The summed E-state index contributed by atoms with van der Waals surface area (Å²) in [4.78, 5) is 14.2. The van der Waals surface area contributed by atoms with Gasteiger partial charge in [0.1, 0.15) is 16.0 Å². The average Bonchev–Trinajstić information content (AvgIpc) is 3.25. The fourth-order valence-corrected chi connectivity index (χ4v) is 4.82. The molecule has 0 aliphatic heterocycles. The van der Waals surface area contributed by atoms with Crippen LogP contribution in [0.5, 0.6) is 5.75 Å². The van der Waals surface area contributed by atoms with Crippen molar-refractivity contribution in [3.05, 3.63) is 101 Å². The van der Waals surface area contributed by atoms with Crippen molar-refractivity contribution in [2.75, 3.05) is 12.4 Å². The summed E-state index contributed by atoms with van der Waals surface area (Å²) in [6.07, 6.45) is 0.651. The Bertz CT molecular complexity index is 1120. The first-order chi connectivity index (χ1) is 15.2. The molecule has 0 saturated heterocycles. The van der Waals surface area contributed by atoms with Gasteiger partial charge >= 0.3 is 0 Å². The van der Waals surface area contributed by atoms with E-state index in [4.69, 9.17) is 4.74 Å². The summed E-state index contributed by atoms with van der Waals surface area (Å²) in [6.45, 7) is 0. The van der Waals surface area contributed by atoms with Crippen molar-refractivity contribution in [3.8, 4) is 5.75 Å². The van der Waals surface area contributed by atoms with Gasteiger partial charge in [0.15, 0.2) is 0 Å². The third-order valence-corrected chi connectivity index (χ3v) is 6.65. The molecule has 1 atom stereocenters. The molecule has 31 heavy (non-hydrogen) atoms. The highest BCUT2D eigenvalue weighted by Gasteiger charge is 2.23. The maximum Gasteiger partial charge on any atom is 0.244 e. The Morgan fingerprint density at radius 1 is 0.968 bits per heavy atom. The zero-order valence-electron chi connectivity index (χ0n) is 16.9. The molecule has 0 aliphatic rings. The molecule has 0 spiro atoms. The Morgan fingerprint density at radius 2 is 1.65 bits per heavy atom. The van der Waals surface area contributed by atoms with E-state index in [1.807, 2.05) is 84.9 Å². The first-order valence-corrected chi connectivity index (χ1v) is 11.4. The van der Waals surface area contributed by atoms with Crippen LogP contribution in [0, 0.1) is 0 Å². The highest BCUT2D eigenvalue weighted by atomic mass is 32.2. The Morgan fingerprint density at radius 3 is 2.32 bits per heavy atom. The Hall–Kier alpha value is -3.16. The molecule has 3 aromatic carbocycles. The van der Waals surface area contributed by atoms with E-state index in [2.05, 4.69) is 15.5 Å². The average molecular weight is 448 g/mol. The second kappa shape index (κ2) is 10.2. The molecule has 4 aromatic rings. The summed E-state index contributed by atoms with van der Waals surface area (Å²) in [7, 11) is 1.65. The van der Waals surface area contributed by atoms with Crippen LogP contribution in [0.15, 0.2) is 89.8 Å². The van der Waals surface area contributed by atoms with Gasteiger partial charge in [0, 0.05) is 11.3 Å². The summed E-state index contributed by atoms with van der Waals surface area (Å²) in [5, 5.41) is 12.3. The second-order valence-corrected chi connectivity index (χ2v) is 8.98. The largest absolute Gasteiger partial charge is 0.497 e.